The number of anilines is 1. The van der Waals surface area contributed by atoms with Crippen LogP contribution in [-0.4, -0.2) is 26.2 Å². The lowest BCUT2D eigenvalue weighted by molar-refractivity contribution is -0.124. The quantitative estimate of drug-likeness (QED) is 0.606. The average Bonchev–Trinajstić information content (AvgIpc) is 2.83. The van der Waals surface area contributed by atoms with E-state index in [1.807, 2.05) is 41.3 Å². The Balaban J connectivity index is 1.91. The zero-order valence-electron chi connectivity index (χ0n) is 17.4. The van der Waals surface area contributed by atoms with Gasteiger partial charge in [-0.2, -0.15) is 0 Å². The summed E-state index contributed by atoms with van der Waals surface area (Å²) in [6, 6.07) is 20.4. The molecule has 1 unspecified atom stereocenters. The number of ether oxygens (including phenoxy) is 2. The van der Waals surface area contributed by atoms with Gasteiger partial charge in [-0.15, -0.1) is 0 Å². The second-order valence-electron chi connectivity index (χ2n) is 8.72. The Kier molecular flexibility index (Phi) is 5.05. The Labute approximate surface area is 172 Å². The lowest BCUT2D eigenvalue weighted by Crippen LogP contribution is -2.39. The zero-order valence-corrected chi connectivity index (χ0v) is 17.4. The van der Waals surface area contributed by atoms with E-state index in [0.717, 1.165) is 33.3 Å². The molecule has 4 rings (SSSR count). The molecule has 1 aliphatic heterocycles. The molecule has 150 valence electrons. The largest absolute Gasteiger partial charge is 0.497 e. The summed E-state index contributed by atoms with van der Waals surface area (Å²) < 4.78 is 11.7. The van der Waals surface area contributed by atoms with Gasteiger partial charge in [0.05, 0.1) is 12.8 Å². The number of rotatable bonds is 3. The van der Waals surface area contributed by atoms with Gasteiger partial charge in [0.25, 0.3) is 5.91 Å². The van der Waals surface area contributed by atoms with E-state index < -0.39 is 0 Å². The highest BCUT2D eigenvalue weighted by molar-refractivity contribution is 5.96. The van der Waals surface area contributed by atoms with E-state index in [-0.39, 0.29) is 24.0 Å². The third kappa shape index (κ3) is 3.85. The normalized spacial score (nSPS) is 17.2. The van der Waals surface area contributed by atoms with E-state index >= 15 is 0 Å². The van der Waals surface area contributed by atoms with Crippen molar-refractivity contribution in [3.8, 4) is 5.75 Å². The Bertz CT molecular complexity index is 1050. The van der Waals surface area contributed by atoms with Gasteiger partial charge in [-0.1, -0.05) is 63.2 Å². The molecule has 0 N–H and O–H groups in total. The number of amides is 1. The second-order valence-corrected chi connectivity index (χ2v) is 8.72. The molecule has 0 bridgehead atoms. The predicted octanol–water partition coefficient (Wildman–Crippen LogP) is 5.35. The minimum Gasteiger partial charge on any atom is -0.497 e. The Hall–Kier alpha value is -2.85. The third-order valence-electron chi connectivity index (χ3n) is 5.22. The van der Waals surface area contributed by atoms with E-state index in [1.54, 1.807) is 7.11 Å². The number of hydrogen-bond donors (Lipinski definition) is 0. The molecule has 0 aliphatic carbocycles. The van der Waals surface area contributed by atoms with Gasteiger partial charge in [0.15, 0.2) is 0 Å². The maximum absolute atomic E-state index is 13.0. The number of carbonyl (C=O) groups excluding carboxylic acids is 1. The van der Waals surface area contributed by atoms with Crippen molar-refractivity contribution in [2.45, 2.75) is 26.9 Å². The molecule has 4 heteroatoms. The van der Waals surface area contributed by atoms with Gasteiger partial charge in [0.1, 0.15) is 18.5 Å². The molecule has 0 radical (unpaired) electrons. The molecular formula is C25H27NO3. The molecule has 0 fully saturated rings. The van der Waals surface area contributed by atoms with Crippen molar-refractivity contribution in [2.24, 2.45) is 5.41 Å². The molecule has 1 aliphatic rings. The van der Waals surface area contributed by atoms with Crippen LogP contribution in [-0.2, 0) is 9.53 Å². The second kappa shape index (κ2) is 7.53. The minimum absolute atomic E-state index is 0.0194. The minimum atomic E-state index is -0.347. The number of nitrogens with zero attached hydrogens (tertiary/aromatic N) is 1. The summed E-state index contributed by atoms with van der Waals surface area (Å²) in [6.07, 6.45) is -0.347. The van der Waals surface area contributed by atoms with Gasteiger partial charge < -0.3 is 14.4 Å². The van der Waals surface area contributed by atoms with Crippen molar-refractivity contribution in [1.29, 1.82) is 0 Å². The van der Waals surface area contributed by atoms with Gasteiger partial charge in [0, 0.05) is 12.1 Å². The fourth-order valence-corrected chi connectivity index (χ4v) is 3.96. The molecule has 0 saturated carbocycles. The monoisotopic (exact) mass is 389 g/mol. The molecule has 0 aromatic heterocycles. The van der Waals surface area contributed by atoms with Crippen molar-refractivity contribution < 1.29 is 14.3 Å². The van der Waals surface area contributed by atoms with E-state index in [0.29, 0.717) is 6.54 Å². The SMILES string of the molecule is COc1ccc2c(c1)C(c1cccc3ccccc13)OCC(=O)N2CC(C)(C)C. The molecule has 4 nitrogen and oxygen atoms in total. The molecule has 29 heavy (non-hydrogen) atoms. The van der Waals surface area contributed by atoms with Gasteiger partial charge in [-0.05, 0) is 39.9 Å². The fraction of sp³-hybridized carbons (Fsp3) is 0.320. The van der Waals surface area contributed by atoms with Crippen LogP contribution in [0.2, 0.25) is 0 Å². The molecule has 1 heterocycles. The fourth-order valence-electron chi connectivity index (χ4n) is 3.96. The number of hydrogen-bond acceptors (Lipinski definition) is 3. The topological polar surface area (TPSA) is 38.8 Å². The summed E-state index contributed by atoms with van der Waals surface area (Å²) in [7, 11) is 1.66. The molecule has 0 spiro atoms. The zero-order chi connectivity index (χ0) is 20.6. The first-order chi connectivity index (χ1) is 13.9. The molecule has 3 aromatic carbocycles. The first-order valence-electron chi connectivity index (χ1n) is 9.95. The van der Waals surface area contributed by atoms with Gasteiger partial charge in [-0.25, -0.2) is 0 Å². The summed E-state index contributed by atoms with van der Waals surface area (Å²) in [5, 5.41) is 2.28. The van der Waals surface area contributed by atoms with Crippen LogP contribution in [0.15, 0.2) is 60.7 Å². The standard InChI is InChI=1S/C25H27NO3/c1-25(2,3)16-26-22-13-12-18(28-4)14-21(22)24(29-15-23(26)27)20-11-7-9-17-8-5-6-10-19(17)20/h5-14,24H,15-16H2,1-4H3. The lowest BCUT2D eigenvalue weighted by Gasteiger charge is -2.30. The average molecular weight is 389 g/mol. The van der Waals surface area contributed by atoms with Gasteiger partial charge in [0.2, 0.25) is 0 Å². The Morgan fingerprint density at radius 2 is 1.79 bits per heavy atom. The molecule has 0 saturated heterocycles. The van der Waals surface area contributed by atoms with E-state index in [9.17, 15) is 4.79 Å². The molecule has 1 amide bonds. The number of methoxy groups -OCH3 is 1. The Morgan fingerprint density at radius 1 is 1.03 bits per heavy atom. The number of fused-ring (bicyclic) bond motifs is 2. The van der Waals surface area contributed by atoms with E-state index in [4.69, 9.17) is 9.47 Å². The summed E-state index contributed by atoms with van der Waals surface area (Å²) >= 11 is 0. The lowest BCUT2D eigenvalue weighted by atomic mass is 9.92. The van der Waals surface area contributed by atoms with Crippen LogP contribution in [0.5, 0.6) is 5.75 Å². The molecular weight excluding hydrogens is 362 g/mol. The first-order valence-corrected chi connectivity index (χ1v) is 9.95. The maximum atomic E-state index is 13.0. The van der Waals surface area contributed by atoms with E-state index in [2.05, 4.69) is 45.0 Å². The first kappa shape index (κ1) is 19.5. The highest BCUT2D eigenvalue weighted by atomic mass is 16.5. The van der Waals surface area contributed by atoms with Crippen LogP contribution in [0.3, 0.4) is 0 Å². The highest BCUT2D eigenvalue weighted by Gasteiger charge is 2.32. The van der Waals surface area contributed by atoms with Crippen LogP contribution >= 0.6 is 0 Å². The van der Waals surface area contributed by atoms with Crippen LogP contribution in [0, 0.1) is 5.41 Å². The van der Waals surface area contributed by atoms with E-state index in [1.165, 1.54) is 0 Å². The van der Waals surface area contributed by atoms with Crippen molar-refractivity contribution in [2.75, 3.05) is 25.2 Å². The number of carbonyl (C=O) groups is 1. The predicted molar refractivity (Wildman–Crippen MR) is 117 cm³/mol. The van der Waals surface area contributed by atoms with Crippen LogP contribution in [0.4, 0.5) is 5.69 Å². The highest BCUT2D eigenvalue weighted by Crippen LogP contribution is 2.41. The summed E-state index contributed by atoms with van der Waals surface area (Å²) in [4.78, 5) is 14.9. The third-order valence-corrected chi connectivity index (χ3v) is 5.22. The van der Waals surface area contributed by atoms with Crippen molar-refractivity contribution >= 4 is 22.4 Å². The maximum Gasteiger partial charge on any atom is 0.253 e. The van der Waals surface area contributed by atoms with Crippen LogP contribution in [0.25, 0.3) is 10.8 Å². The summed E-state index contributed by atoms with van der Waals surface area (Å²) in [5.41, 5.74) is 2.87. The van der Waals surface area contributed by atoms with Crippen molar-refractivity contribution in [1.82, 2.24) is 0 Å². The Morgan fingerprint density at radius 3 is 2.55 bits per heavy atom. The summed E-state index contributed by atoms with van der Waals surface area (Å²) in [6.45, 7) is 7.07. The smallest absolute Gasteiger partial charge is 0.253 e. The summed E-state index contributed by atoms with van der Waals surface area (Å²) in [5.74, 6) is 0.733. The van der Waals surface area contributed by atoms with Crippen LogP contribution < -0.4 is 9.64 Å². The number of benzene rings is 3. The van der Waals surface area contributed by atoms with Gasteiger partial charge >= 0.3 is 0 Å². The van der Waals surface area contributed by atoms with Gasteiger partial charge in [-0.3, -0.25) is 4.79 Å². The molecule has 1 atom stereocenters. The van der Waals surface area contributed by atoms with Crippen molar-refractivity contribution in [3.05, 3.63) is 71.8 Å². The molecule has 3 aromatic rings. The van der Waals surface area contributed by atoms with Crippen LogP contribution in [0.1, 0.15) is 38.0 Å². The van der Waals surface area contributed by atoms with Crippen molar-refractivity contribution in [3.63, 3.8) is 0 Å².